The fourth-order valence-corrected chi connectivity index (χ4v) is 2.89. The standard InChI is InChI=1S/C16H21NO2S/c18-10-12-19-11-4-9-17-13-15-7-8-16(20-15)14-5-2-1-3-6-14/h1-3,5-8,17-18H,4,9-13H2. The van der Waals surface area contributed by atoms with Gasteiger partial charge in [0.25, 0.3) is 0 Å². The van der Waals surface area contributed by atoms with Crippen molar-refractivity contribution in [3.05, 3.63) is 47.3 Å². The molecule has 0 radical (unpaired) electrons. The van der Waals surface area contributed by atoms with Gasteiger partial charge >= 0.3 is 0 Å². The van der Waals surface area contributed by atoms with E-state index in [4.69, 9.17) is 9.84 Å². The van der Waals surface area contributed by atoms with E-state index in [1.165, 1.54) is 15.3 Å². The van der Waals surface area contributed by atoms with Crippen LogP contribution in [0.5, 0.6) is 0 Å². The van der Waals surface area contributed by atoms with Gasteiger partial charge in [-0.15, -0.1) is 11.3 Å². The Hall–Kier alpha value is -1.20. The van der Waals surface area contributed by atoms with Crippen LogP contribution in [-0.4, -0.2) is 31.5 Å². The van der Waals surface area contributed by atoms with Gasteiger partial charge in [0.05, 0.1) is 13.2 Å². The zero-order valence-electron chi connectivity index (χ0n) is 11.5. The zero-order valence-corrected chi connectivity index (χ0v) is 12.4. The third kappa shape index (κ3) is 5.06. The number of benzene rings is 1. The molecule has 0 fully saturated rings. The van der Waals surface area contributed by atoms with Crippen molar-refractivity contribution in [2.24, 2.45) is 0 Å². The molecule has 0 saturated carbocycles. The number of thiophene rings is 1. The van der Waals surface area contributed by atoms with E-state index in [1.807, 2.05) is 17.4 Å². The molecule has 2 aromatic rings. The van der Waals surface area contributed by atoms with Crippen LogP contribution in [0.3, 0.4) is 0 Å². The predicted octanol–water partition coefficient (Wildman–Crippen LogP) is 2.90. The van der Waals surface area contributed by atoms with Crippen molar-refractivity contribution < 1.29 is 9.84 Å². The Morgan fingerprint density at radius 3 is 2.70 bits per heavy atom. The Kier molecular flexibility index (Phi) is 6.74. The number of nitrogens with one attached hydrogen (secondary N) is 1. The highest BCUT2D eigenvalue weighted by Gasteiger charge is 2.01. The van der Waals surface area contributed by atoms with Crippen LogP contribution in [0.15, 0.2) is 42.5 Å². The highest BCUT2D eigenvalue weighted by molar-refractivity contribution is 7.15. The summed E-state index contributed by atoms with van der Waals surface area (Å²) in [5, 5.41) is 12.0. The number of hydrogen-bond acceptors (Lipinski definition) is 4. The van der Waals surface area contributed by atoms with Gasteiger partial charge < -0.3 is 15.2 Å². The van der Waals surface area contributed by atoms with Gasteiger partial charge in [-0.05, 0) is 30.7 Å². The van der Waals surface area contributed by atoms with E-state index < -0.39 is 0 Å². The molecule has 2 N–H and O–H groups in total. The quantitative estimate of drug-likeness (QED) is 0.698. The van der Waals surface area contributed by atoms with E-state index in [9.17, 15) is 0 Å². The van der Waals surface area contributed by atoms with Crippen molar-refractivity contribution in [1.82, 2.24) is 5.32 Å². The van der Waals surface area contributed by atoms with E-state index in [0.717, 1.165) is 19.5 Å². The zero-order chi connectivity index (χ0) is 14.0. The molecule has 20 heavy (non-hydrogen) atoms. The van der Waals surface area contributed by atoms with E-state index in [2.05, 4.69) is 41.7 Å². The van der Waals surface area contributed by atoms with Crippen molar-refractivity contribution in [3.63, 3.8) is 0 Å². The molecule has 0 aliphatic carbocycles. The van der Waals surface area contributed by atoms with Gasteiger partial charge in [0.15, 0.2) is 0 Å². The van der Waals surface area contributed by atoms with Crippen molar-refractivity contribution in [2.75, 3.05) is 26.4 Å². The third-order valence-corrected chi connectivity index (χ3v) is 4.03. The largest absolute Gasteiger partial charge is 0.394 e. The molecular formula is C16H21NO2S. The topological polar surface area (TPSA) is 41.5 Å². The van der Waals surface area contributed by atoms with Crippen molar-refractivity contribution >= 4 is 11.3 Å². The number of aliphatic hydroxyl groups is 1. The minimum absolute atomic E-state index is 0.102. The van der Waals surface area contributed by atoms with E-state index in [1.54, 1.807) is 0 Å². The lowest BCUT2D eigenvalue weighted by Gasteiger charge is -2.03. The van der Waals surface area contributed by atoms with Gasteiger partial charge in [-0.2, -0.15) is 0 Å². The molecule has 1 aromatic heterocycles. The number of ether oxygens (including phenoxy) is 1. The molecule has 1 heterocycles. The van der Waals surface area contributed by atoms with E-state index >= 15 is 0 Å². The number of aliphatic hydroxyl groups excluding tert-OH is 1. The van der Waals surface area contributed by atoms with Crippen molar-refractivity contribution in [1.29, 1.82) is 0 Å². The van der Waals surface area contributed by atoms with Crippen molar-refractivity contribution in [3.8, 4) is 10.4 Å². The van der Waals surface area contributed by atoms with Gasteiger partial charge in [-0.3, -0.25) is 0 Å². The third-order valence-electron chi connectivity index (χ3n) is 2.90. The summed E-state index contributed by atoms with van der Waals surface area (Å²) in [6, 6.07) is 14.8. The molecule has 108 valence electrons. The number of rotatable bonds is 9. The predicted molar refractivity (Wildman–Crippen MR) is 84.0 cm³/mol. The maximum Gasteiger partial charge on any atom is 0.0697 e. The molecule has 0 unspecified atom stereocenters. The summed E-state index contributed by atoms with van der Waals surface area (Å²) in [5.41, 5.74) is 1.28. The maximum absolute atomic E-state index is 8.57. The Morgan fingerprint density at radius 2 is 1.90 bits per heavy atom. The maximum atomic E-state index is 8.57. The Balaban J connectivity index is 1.69. The average Bonchev–Trinajstić information content (AvgIpc) is 2.96. The fourth-order valence-electron chi connectivity index (χ4n) is 1.91. The van der Waals surface area contributed by atoms with Crippen LogP contribution in [-0.2, 0) is 11.3 Å². The summed E-state index contributed by atoms with van der Waals surface area (Å²) in [5.74, 6) is 0. The van der Waals surface area contributed by atoms with E-state index in [-0.39, 0.29) is 6.61 Å². The first-order valence-corrected chi connectivity index (χ1v) is 7.75. The highest BCUT2D eigenvalue weighted by atomic mass is 32.1. The van der Waals surface area contributed by atoms with Crippen LogP contribution in [0, 0.1) is 0 Å². The second-order valence-electron chi connectivity index (χ2n) is 4.50. The van der Waals surface area contributed by atoms with Crippen LogP contribution >= 0.6 is 11.3 Å². The lowest BCUT2D eigenvalue weighted by Crippen LogP contribution is -2.16. The minimum atomic E-state index is 0.102. The SMILES string of the molecule is OCCOCCCNCc1ccc(-c2ccccc2)s1. The number of hydrogen-bond donors (Lipinski definition) is 2. The Labute approximate surface area is 124 Å². The van der Waals surface area contributed by atoms with Gasteiger partial charge in [-0.1, -0.05) is 30.3 Å². The molecule has 0 spiro atoms. The second kappa shape index (κ2) is 8.87. The molecule has 0 aliphatic rings. The summed E-state index contributed by atoms with van der Waals surface area (Å²) in [7, 11) is 0. The molecule has 0 bridgehead atoms. The molecule has 0 aliphatic heterocycles. The van der Waals surface area contributed by atoms with Crippen LogP contribution in [0.1, 0.15) is 11.3 Å². The first kappa shape index (κ1) is 15.2. The summed E-state index contributed by atoms with van der Waals surface area (Å²) >= 11 is 1.83. The molecule has 0 saturated heterocycles. The molecule has 3 nitrogen and oxygen atoms in total. The van der Waals surface area contributed by atoms with Crippen LogP contribution in [0.25, 0.3) is 10.4 Å². The van der Waals surface area contributed by atoms with Gasteiger partial charge in [0.1, 0.15) is 0 Å². The summed E-state index contributed by atoms with van der Waals surface area (Å²) in [4.78, 5) is 2.66. The van der Waals surface area contributed by atoms with Crippen LogP contribution in [0.2, 0.25) is 0 Å². The summed E-state index contributed by atoms with van der Waals surface area (Å²) < 4.78 is 5.21. The molecule has 4 heteroatoms. The Bertz CT molecular complexity index is 484. The molecule has 2 rings (SSSR count). The van der Waals surface area contributed by atoms with Crippen LogP contribution in [0.4, 0.5) is 0 Å². The molecule has 0 amide bonds. The molecule has 0 atom stereocenters. The normalized spacial score (nSPS) is 10.8. The summed E-state index contributed by atoms with van der Waals surface area (Å²) in [6.07, 6.45) is 0.969. The minimum Gasteiger partial charge on any atom is -0.394 e. The molecular weight excluding hydrogens is 270 g/mol. The lowest BCUT2D eigenvalue weighted by molar-refractivity contribution is 0.0907. The average molecular weight is 291 g/mol. The monoisotopic (exact) mass is 291 g/mol. The Morgan fingerprint density at radius 1 is 1.05 bits per heavy atom. The fraction of sp³-hybridized carbons (Fsp3) is 0.375. The van der Waals surface area contributed by atoms with Crippen LogP contribution < -0.4 is 5.32 Å². The van der Waals surface area contributed by atoms with Crippen molar-refractivity contribution in [2.45, 2.75) is 13.0 Å². The van der Waals surface area contributed by atoms with Gasteiger partial charge in [0, 0.05) is 22.9 Å². The smallest absolute Gasteiger partial charge is 0.0697 e. The van der Waals surface area contributed by atoms with Gasteiger partial charge in [-0.25, -0.2) is 0 Å². The molecule has 1 aromatic carbocycles. The second-order valence-corrected chi connectivity index (χ2v) is 5.67. The summed E-state index contributed by atoms with van der Waals surface area (Å²) in [6.45, 7) is 3.07. The van der Waals surface area contributed by atoms with E-state index in [0.29, 0.717) is 13.2 Å². The highest BCUT2D eigenvalue weighted by Crippen LogP contribution is 2.27. The first-order valence-electron chi connectivity index (χ1n) is 6.93. The first-order chi connectivity index (χ1) is 9.90. The van der Waals surface area contributed by atoms with Gasteiger partial charge in [0.2, 0.25) is 0 Å². The lowest BCUT2D eigenvalue weighted by atomic mass is 10.2.